The Morgan fingerprint density at radius 2 is 1.82 bits per heavy atom. The second-order valence-corrected chi connectivity index (χ2v) is 6.63. The minimum Gasteiger partial charge on any atom is -0.481 e. The van der Waals surface area contributed by atoms with Crippen LogP contribution in [0.3, 0.4) is 0 Å². The highest BCUT2D eigenvalue weighted by Gasteiger charge is 2.14. The van der Waals surface area contributed by atoms with E-state index < -0.39 is 21.9 Å². The minimum absolute atomic E-state index is 0.0566. The molecule has 0 fully saturated rings. The number of sulfonamides is 1. The summed E-state index contributed by atoms with van der Waals surface area (Å²) in [5.41, 5.74) is 0.649. The number of aliphatic carboxylic acids is 1. The molecule has 0 aliphatic rings. The van der Waals surface area contributed by atoms with Crippen molar-refractivity contribution in [2.75, 3.05) is 13.1 Å². The zero-order chi connectivity index (χ0) is 16.8. The highest BCUT2D eigenvalue weighted by atomic mass is 32.2. The highest BCUT2D eigenvalue weighted by Crippen LogP contribution is 2.10. The summed E-state index contributed by atoms with van der Waals surface area (Å²) in [6.07, 6.45) is 0.0634. The van der Waals surface area contributed by atoms with Crippen LogP contribution in [0.4, 0.5) is 0 Å². The van der Waals surface area contributed by atoms with Gasteiger partial charge in [-0.25, -0.2) is 13.1 Å². The topological polar surface area (TPSA) is 113 Å². The van der Waals surface area contributed by atoms with Gasteiger partial charge in [-0.2, -0.15) is 0 Å². The van der Waals surface area contributed by atoms with Gasteiger partial charge in [0.2, 0.25) is 15.9 Å². The van der Waals surface area contributed by atoms with E-state index in [1.54, 1.807) is 19.1 Å². The zero-order valence-corrected chi connectivity index (χ0v) is 13.3. The lowest BCUT2D eigenvalue weighted by Crippen LogP contribution is -2.32. The Hall–Kier alpha value is -1.93. The molecule has 1 aromatic carbocycles. The third-order valence-electron chi connectivity index (χ3n) is 2.96. The van der Waals surface area contributed by atoms with Crippen molar-refractivity contribution in [1.82, 2.24) is 10.0 Å². The van der Waals surface area contributed by atoms with Gasteiger partial charge in [0, 0.05) is 13.1 Å². The first-order valence-corrected chi connectivity index (χ1v) is 8.32. The molecule has 1 amide bonds. The maximum Gasteiger partial charge on any atom is 0.308 e. The van der Waals surface area contributed by atoms with Crippen molar-refractivity contribution in [1.29, 1.82) is 0 Å². The molecule has 0 saturated heterocycles. The molecule has 0 aliphatic heterocycles. The Balaban J connectivity index is 2.61. The number of carboxylic acids is 1. The number of amides is 1. The molecule has 8 heteroatoms. The van der Waals surface area contributed by atoms with E-state index in [0.717, 1.165) is 0 Å². The van der Waals surface area contributed by atoms with Gasteiger partial charge < -0.3 is 10.4 Å². The van der Waals surface area contributed by atoms with Crippen LogP contribution in [0.1, 0.15) is 19.4 Å². The van der Waals surface area contributed by atoms with E-state index in [1.807, 2.05) is 0 Å². The van der Waals surface area contributed by atoms with E-state index in [0.29, 0.717) is 12.1 Å². The van der Waals surface area contributed by atoms with Crippen molar-refractivity contribution < 1.29 is 23.1 Å². The van der Waals surface area contributed by atoms with Gasteiger partial charge in [0.25, 0.3) is 0 Å². The van der Waals surface area contributed by atoms with Crippen LogP contribution in [0.15, 0.2) is 29.2 Å². The Morgan fingerprint density at radius 1 is 1.23 bits per heavy atom. The van der Waals surface area contributed by atoms with Crippen molar-refractivity contribution in [2.24, 2.45) is 5.92 Å². The molecule has 0 bridgehead atoms. The van der Waals surface area contributed by atoms with Gasteiger partial charge in [-0.1, -0.05) is 26.0 Å². The van der Waals surface area contributed by atoms with Crippen molar-refractivity contribution in [2.45, 2.75) is 25.2 Å². The lowest BCUT2D eigenvalue weighted by Gasteiger charge is -2.09. The zero-order valence-electron chi connectivity index (χ0n) is 12.5. The lowest BCUT2D eigenvalue weighted by molar-refractivity contribution is -0.141. The minimum atomic E-state index is -3.50. The fourth-order valence-corrected chi connectivity index (χ4v) is 2.70. The lowest BCUT2D eigenvalue weighted by atomic mass is 10.1. The summed E-state index contributed by atoms with van der Waals surface area (Å²) in [6.45, 7) is 3.55. The second-order valence-electron chi connectivity index (χ2n) is 4.87. The summed E-state index contributed by atoms with van der Waals surface area (Å²) in [7, 11) is -3.50. The molecule has 7 nitrogen and oxygen atoms in total. The van der Waals surface area contributed by atoms with Crippen molar-refractivity contribution >= 4 is 21.9 Å². The molecule has 0 heterocycles. The third kappa shape index (κ3) is 5.45. The predicted octanol–water partition coefficient (Wildman–Crippen LogP) is 0.364. The van der Waals surface area contributed by atoms with Crippen LogP contribution in [-0.4, -0.2) is 38.5 Å². The highest BCUT2D eigenvalue weighted by molar-refractivity contribution is 7.89. The Labute approximate surface area is 129 Å². The Bertz CT molecular complexity index is 625. The van der Waals surface area contributed by atoms with Crippen LogP contribution in [0.2, 0.25) is 0 Å². The van der Waals surface area contributed by atoms with Gasteiger partial charge >= 0.3 is 5.97 Å². The number of carboxylic acid groups (broad SMARTS) is 1. The summed E-state index contributed by atoms with van der Waals surface area (Å²) in [5.74, 6) is -1.94. The summed E-state index contributed by atoms with van der Waals surface area (Å²) >= 11 is 0. The molecule has 0 aromatic heterocycles. The average Bonchev–Trinajstić information content (AvgIpc) is 2.45. The van der Waals surface area contributed by atoms with Gasteiger partial charge in [-0.05, 0) is 17.7 Å². The summed E-state index contributed by atoms with van der Waals surface area (Å²) in [5, 5.41) is 11.2. The fraction of sp³-hybridized carbons (Fsp3) is 0.429. The molecule has 0 saturated carbocycles. The van der Waals surface area contributed by atoms with E-state index in [1.165, 1.54) is 19.1 Å². The van der Waals surface area contributed by atoms with E-state index in [9.17, 15) is 18.0 Å². The largest absolute Gasteiger partial charge is 0.481 e. The number of carbonyl (C=O) groups is 2. The average molecular weight is 328 g/mol. The molecular weight excluding hydrogens is 308 g/mol. The van der Waals surface area contributed by atoms with E-state index in [2.05, 4.69) is 10.0 Å². The third-order valence-corrected chi connectivity index (χ3v) is 4.52. The van der Waals surface area contributed by atoms with Crippen LogP contribution in [0.25, 0.3) is 0 Å². The molecule has 122 valence electrons. The molecule has 0 radical (unpaired) electrons. The standard InChI is InChI=1S/C14H20N2O5S/c1-3-16-22(20,21)12-6-4-11(5-7-12)8-13(17)15-9-10(2)14(18)19/h4-7,10,16H,3,8-9H2,1-2H3,(H,15,17)(H,18,19). The van der Waals surface area contributed by atoms with Crippen LogP contribution < -0.4 is 10.0 Å². The normalized spacial score (nSPS) is 12.6. The molecule has 1 rings (SSSR count). The molecule has 0 spiro atoms. The summed E-state index contributed by atoms with van der Waals surface area (Å²) < 4.78 is 25.9. The molecular formula is C14H20N2O5S. The summed E-state index contributed by atoms with van der Waals surface area (Å²) in [6, 6.07) is 5.98. The van der Waals surface area contributed by atoms with Gasteiger partial charge in [0.05, 0.1) is 17.2 Å². The number of hydrogen-bond donors (Lipinski definition) is 3. The first kappa shape index (κ1) is 18.1. The second kappa shape index (κ2) is 7.90. The molecule has 1 unspecified atom stereocenters. The van der Waals surface area contributed by atoms with Crippen molar-refractivity contribution in [3.63, 3.8) is 0 Å². The SMILES string of the molecule is CCNS(=O)(=O)c1ccc(CC(=O)NCC(C)C(=O)O)cc1. The quantitative estimate of drug-likeness (QED) is 0.638. The van der Waals surface area contributed by atoms with E-state index in [4.69, 9.17) is 5.11 Å². The Kier molecular flexibility index (Phi) is 6.51. The smallest absolute Gasteiger partial charge is 0.308 e. The van der Waals surface area contributed by atoms with Crippen LogP contribution in [-0.2, 0) is 26.0 Å². The molecule has 3 N–H and O–H groups in total. The van der Waals surface area contributed by atoms with Gasteiger partial charge in [-0.3, -0.25) is 9.59 Å². The van der Waals surface area contributed by atoms with Gasteiger partial charge in [-0.15, -0.1) is 0 Å². The number of carbonyl (C=O) groups excluding carboxylic acids is 1. The maximum absolute atomic E-state index is 11.8. The molecule has 1 atom stereocenters. The predicted molar refractivity (Wildman–Crippen MR) is 80.8 cm³/mol. The Morgan fingerprint density at radius 3 is 2.32 bits per heavy atom. The molecule has 0 aliphatic carbocycles. The fourth-order valence-electron chi connectivity index (χ4n) is 1.66. The van der Waals surface area contributed by atoms with Gasteiger partial charge in [0.15, 0.2) is 0 Å². The van der Waals surface area contributed by atoms with Crippen molar-refractivity contribution in [3.05, 3.63) is 29.8 Å². The van der Waals surface area contributed by atoms with E-state index >= 15 is 0 Å². The monoisotopic (exact) mass is 328 g/mol. The van der Waals surface area contributed by atoms with Crippen LogP contribution in [0, 0.1) is 5.92 Å². The molecule has 1 aromatic rings. The maximum atomic E-state index is 11.8. The number of nitrogens with one attached hydrogen (secondary N) is 2. The van der Waals surface area contributed by atoms with E-state index in [-0.39, 0.29) is 23.8 Å². The number of benzene rings is 1. The first-order chi connectivity index (χ1) is 10.3. The number of rotatable bonds is 8. The van der Waals surface area contributed by atoms with Gasteiger partial charge in [0.1, 0.15) is 0 Å². The summed E-state index contributed by atoms with van der Waals surface area (Å²) in [4.78, 5) is 22.5. The molecule has 22 heavy (non-hydrogen) atoms. The first-order valence-electron chi connectivity index (χ1n) is 6.84. The van der Waals surface area contributed by atoms with Crippen LogP contribution in [0.5, 0.6) is 0 Å². The van der Waals surface area contributed by atoms with Crippen molar-refractivity contribution in [3.8, 4) is 0 Å². The van der Waals surface area contributed by atoms with Crippen LogP contribution >= 0.6 is 0 Å². The number of hydrogen-bond acceptors (Lipinski definition) is 4.